The maximum absolute atomic E-state index is 10.1. The van der Waals surface area contributed by atoms with E-state index < -0.39 is 6.10 Å². The summed E-state index contributed by atoms with van der Waals surface area (Å²) < 4.78 is 6.19. The summed E-state index contributed by atoms with van der Waals surface area (Å²) in [6, 6.07) is 0. The van der Waals surface area contributed by atoms with E-state index in [9.17, 15) is 5.11 Å². The Balaban J connectivity index is 1.85. The zero-order chi connectivity index (χ0) is 15.2. The van der Waals surface area contributed by atoms with Crippen molar-refractivity contribution < 1.29 is 9.84 Å². The minimum Gasteiger partial charge on any atom is -0.389 e. The van der Waals surface area contributed by atoms with Crippen molar-refractivity contribution in [3.05, 3.63) is 0 Å². The maximum Gasteiger partial charge on any atom is 0.0898 e. The molecule has 0 spiro atoms. The van der Waals surface area contributed by atoms with Crippen LogP contribution in [0.25, 0.3) is 0 Å². The van der Waals surface area contributed by atoms with E-state index >= 15 is 0 Å². The molecule has 2 aliphatic rings. The van der Waals surface area contributed by atoms with E-state index in [-0.39, 0.29) is 17.1 Å². The van der Waals surface area contributed by atoms with Gasteiger partial charge in [-0.2, -0.15) is 0 Å². The normalized spacial score (nSPS) is 37.4. The molecule has 0 saturated heterocycles. The first-order valence-corrected chi connectivity index (χ1v) is 8.09. The highest BCUT2D eigenvalue weighted by atomic mass is 16.5. The standard InChI is InChI=1S/C17H33NO2/c1-15(2,3)18-10-13(19)11-20-14-16(4,5)12-7-8-17(14,6)9-12/h12-14,18-19H,7-11H2,1-6H3/t12-,13-,14-,17-/m0/s1. The largest absolute Gasteiger partial charge is 0.389 e. The minimum atomic E-state index is -0.423. The van der Waals surface area contributed by atoms with Crippen molar-refractivity contribution in [1.82, 2.24) is 5.32 Å². The second-order valence-electron chi connectivity index (χ2n) is 8.91. The molecule has 118 valence electrons. The fourth-order valence-electron chi connectivity index (χ4n) is 4.36. The molecule has 2 aliphatic carbocycles. The minimum absolute atomic E-state index is 0.0403. The number of β-amino-alcohol motifs (C(OH)–C–C–N with tert-alkyl or cyclic N) is 1. The number of ether oxygens (including phenoxy) is 1. The van der Waals surface area contributed by atoms with Crippen LogP contribution in [0, 0.1) is 16.7 Å². The van der Waals surface area contributed by atoms with E-state index in [1.807, 2.05) is 0 Å². The van der Waals surface area contributed by atoms with Gasteiger partial charge in [-0.1, -0.05) is 20.8 Å². The van der Waals surface area contributed by atoms with Gasteiger partial charge in [-0.3, -0.25) is 0 Å². The van der Waals surface area contributed by atoms with Gasteiger partial charge in [0.05, 0.1) is 18.8 Å². The summed E-state index contributed by atoms with van der Waals surface area (Å²) in [6.45, 7) is 14.4. The van der Waals surface area contributed by atoms with Gasteiger partial charge in [0.1, 0.15) is 0 Å². The first-order valence-electron chi connectivity index (χ1n) is 8.09. The number of hydrogen-bond acceptors (Lipinski definition) is 3. The van der Waals surface area contributed by atoms with Gasteiger partial charge in [-0.15, -0.1) is 0 Å². The Kier molecular flexibility index (Phi) is 4.27. The quantitative estimate of drug-likeness (QED) is 0.815. The number of aliphatic hydroxyl groups excluding tert-OH is 1. The molecule has 0 aromatic heterocycles. The van der Waals surface area contributed by atoms with Crippen LogP contribution in [-0.4, -0.2) is 36.0 Å². The summed E-state index contributed by atoms with van der Waals surface area (Å²) >= 11 is 0. The van der Waals surface area contributed by atoms with Crippen LogP contribution in [0.5, 0.6) is 0 Å². The third-order valence-corrected chi connectivity index (χ3v) is 5.46. The molecule has 3 nitrogen and oxygen atoms in total. The molecule has 0 radical (unpaired) electrons. The summed E-state index contributed by atoms with van der Waals surface area (Å²) in [4.78, 5) is 0. The average molecular weight is 283 g/mol. The molecule has 20 heavy (non-hydrogen) atoms. The summed E-state index contributed by atoms with van der Waals surface area (Å²) in [5.74, 6) is 0.794. The maximum atomic E-state index is 10.1. The van der Waals surface area contributed by atoms with Crippen LogP contribution < -0.4 is 5.32 Å². The van der Waals surface area contributed by atoms with Crippen molar-refractivity contribution in [2.75, 3.05) is 13.2 Å². The SMILES string of the molecule is CC(C)(C)NC[C@H](O)CO[C@H]1C(C)(C)[C@H]2CC[C@@]1(C)C2. The van der Waals surface area contributed by atoms with Crippen molar-refractivity contribution in [2.24, 2.45) is 16.7 Å². The van der Waals surface area contributed by atoms with Crippen molar-refractivity contribution in [2.45, 2.75) is 78.6 Å². The monoisotopic (exact) mass is 283 g/mol. The van der Waals surface area contributed by atoms with Gasteiger partial charge in [0.15, 0.2) is 0 Å². The van der Waals surface area contributed by atoms with Gasteiger partial charge in [0.2, 0.25) is 0 Å². The van der Waals surface area contributed by atoms with Crippen LogP contribution in [-0.2, 0) is 4.74 Å². The van der Waals surface area contributed by atoms with E-state index in [2.05, 4.69) is 46.9 Å². The number of rotatable bonds is 5. The molecule has 0 aliphatic heterocycles. The Labute approximate surface area is 124 Å². The molecule has 0 heterocycles. The molecule has 2 fully saturated rings. The highest BCUT2D eigenvalue weighted by Crippen LogP contribution is 2.63. The van der Waals surface area contributed by atoms with Gasteiger partial charge in [0, 0.05) is 12.1 Å². The third kappa shape index (κ3) is 3.20. The second kappa shape index (κ2) is 5.26. The van der Waals surface area contributed by atoms with E-state index in [0.717, 1.165) is 5.92 Å². The predicted molar refractivity (Wildman–Crippen MR) is 82.7 cm³/mol. The fraction of sp³-hybridized carbons (Fsp3) is 1.00. The molecule has 0 amide bonds. The Hall–Kier alpha value is -0.120. The lowest BCUT2D eigenvalue weighted by molar-refractivity contribution is -0.110. The molecular weight excluding hydrogens is 250 g/mol. The van der Waals surface area contributed by atoms with E-state index in [4.69, 9.17) is 4.74 Å². The van der Waals surface area contributed by atoms with Crippen molar-refractivity contribution in [3.63, 3.8) is 0 Å². The van der Waals surface area contributed by atoms with Gasteiger partial charge in [-0.25, -0.2) is 0 Å². The molecule has 4 atom stereocenters. The lowest BCUT2D eigenvalue weighted by Gasteiger charge is -2.42. The zero-order valence-electron chi connectivity index (χ0n) is 14.1. The van der Waals surface area contributed by atoms with Crippen molar-refractivity contribution in [3.8, 4) is 0 Å². The smallest absolute Gasteiger partial charge is 0.0898 e. The number of nitrogens with one attached hydrogen (secondary N) is 1. The molecule has 2 rings (SSSR count). The van der Waals surface area contributed by atoms with E-state index in [1.165, 1.54) is 19.3 Å². The molecule has 2 saturated carbocycles. The number of aliphatic hydroxyl groups is 1. The number of fused-ring (bicyclic) bond motifs is 2. The molecular formula is C17H33NO2. The van der Waals surface area contributed by atoms with Crippen LogP contribution in [0.1, 0.15) is 60.8 Å². The van der Waals surface area contributed by atoms with E-state index in [0.29, 0.717) is 18.6 Å². The number of hydrogen-bond donors (Lipinski definition) is 2. The predicted octanol–water partition coefficient (Wildman–Crippen LogP) is 2.97. The lowest BCUT2D eigenvalue weighted by Crippen LogP contribution is -2.46. The topological polar surface area (TPSA) is 41.5 Å². The summed E-state index contributed by atoms with van der Waals surface area (Å²) in [6.07, 6.45) is 3.78. The lowest BCUT2D eigenvalue weighted by atomic mass is 9.70. The van der Waals surface area contributed by atoms with Gasteiger partial charge >= 0.3 is 0 Å². The summed E-state index contributed by atoms with van der Waals surface area (Å²) in [5.41, 5.74) is 0.619. The Morgan fingerprint density at radius 2 is 1.95 bits per heavy atom. The van der Waals surface area contributed by atoms with Crippen LogP contribution in [0.4, 0.5) is 0 Å². The molecule has 2 bridgehead atoms. The van der Waals surface area contributed by atoms with Crippen LogP contribution >= 0.6 is 0 Å². The Morgan fingerprint density at radius 3 is 2.45 bits per heavy atom. The van der Waals surface area contributed by atoms with Gasteiger partial charge in [0.25, 0.3) is 0 Å². The summed E-state index contributed by atoms with van der Waals surface area (Å²) in [7, 11) is 0. The highest BCUT2D eigenvalue weighted by molar-refractivity contribution is 5.09. The first kappa shape index (κ1) is 16.3. The van der Waals surface area contributed by atoms with Crippen LogP contribution in [0.15, 0.2) is 0 Å². The van der Waals surface area contributed by atoms with E-state index in [1.54, 1.807) is 0 Å². The second-order valence-corrected chi connectivity index (χ2v) is 8.91. The van der Waals surface area contributed by atoms with Crippen molar-refractivity contribution in [1.29, 1.82) is 0 Å². The Morgan fingerprint density at radius 1 is 1.30 bits per heavy atom. The molecule has 0 unspecified atom stereocenters. The van der Waals surface area contributed by atoms with Crippen molar-refractivity contribution >= 4 is 0 Å². The Bertz CT molecular complexity index is 343. The van der Waals surface area contributed by atoms with Gasteiger partial charge in [-0.05, 0) is 56.8 Å². The zero-order valence-corrected chi connectivity index (χ0v) is 14.1. The summed E-state index contributed by atoms with van der Waals surface area (Å²) in [5, 5.41) is 13.4. The van der Waals surface area contributed by atoms with Crippen LogP contribution in [0.2, 0.25) is 0 Å². The molecule has 0 aromatic rings. The average Bonchev–Trinajstić information content (AvgIpc) is 2.76. The molecule has 0 aromatic carbocycles. The first-order chi connectivity index (χ1) is 9.05. The van der Waals surface area contributed by atoms with Gasteiger partial charge < -0.3 is 15.2 Å². The third-order valence-electron chi connectivity index (χ3n) is 5.46. The molecule has 3 heteroatoms. The molecule has 2 N–H and O–H groups in total. The highest BCUT2D eigenvalue weighted by Gasteiger charge is 2.60. The van der Waals surface area contributed by atoms with Crippen LogP contribution in [0.3, 0.4) is 0 Å². The fourth-order valence-corrected chi connectivity index (χ4v) is 4.36.